The Kier molecular flexibility index (Phi) is 4.67. The molecule has 1 amide bonds. The summed E-state index contributed by atoms with van der Waals surface area (Å²) in [7, 11) is 0. The number of hydrogen-bond acceptors (Lipinski definition) is 3. The predicted octanol–water partition coefficient (Wildman–Crippen LogP) is 1.37. The number of hydrogen-bond donors (Lipinski definition) is 3. The minimum atomic E-state index is -0.987. The molecule has 0 aliphatic heterocycles. The fourth-order valence-electron chi connectivity index (χ4n) is 1.51. The molecule has 0 heterocycles. The Morgan fingerprint density at radius 2 is 2.00 bits per heavy atom. The van der Waals surface area contributed by atoms with Gasteiger partial charge in [-0.3, -0.25) is 4.79 Å². The molecule has 19 heavy (non-hydrogen) atoms. The van der Waals surface area contributed by atoms with Crippen molar-refractivity contribution in [3.8, 4) is 0 Å². The molecule has 0 saturated carbocycles. The highest BCUT2D eigenvalue weighted by Gasteiger charge is 2.27. The molecule has 0 radical (unpaired) electrons. The first-order chi connectivity index (χ1) is 8.71. The van der Waals surface area contributed by atoms with Gasteiger partial charge in [0.15, 0.2) is 0 Å². The summed E-state index contributed by atoms with van der Waals surface area (Å²) < 4.78 is 0. The molecule has 0 aliphatic rings. The molecule has 5 heteroatoms. The van der Waals surface area contributed by atoms with Gasteiger partial charge in [0.25, 0.3) is 0 Å². The summed E-state index contributed by atoms with van der Waals surface area (Å²) in [6.07, 6.45) is 0. The normalized spacial score (nSPS) is 12.8. The molecule has 1 aromatic rings. The second-order valence-electron chi connectivity index (χ2n) is 5.57. The molecule has 5 nitrogen and oxygen atoms in total. The van der Waals surface area contributed by atoms with E-state index in [0.717, 1.165) is 5.56 Å². The van der Waals surface area contributed by atoms with Crippen LogP contribution in [0.15, 0.2) is 24.3 Å². The molecular formula is C14H20N2O3. The first-order valence-corrected chi connectivity index (χ1v) is 6.07. The molecule has 0 spiro atoms. The van der Waals surface area contributed by atoms with E-state index >= 15 is 0 Å². The molecule has 1 atom stereocenters. The zero-order chi connectivity index (χ0) is 14.6. The van der Waals surface area contributed by atoms with Crippen molar-refractivity contribution in [2.24, 2.45) is 11.1 Å². The van der Waals surface area contributed by atoms with E-state index in [1.54, 1.807) is 12.1 Å². The van der Waals surface area contributed by atoms with Crippen LogP contribution in [0.25, 0.3) is 0 Å². The second kappa shape index (κ2) is 5.84. The summed E-state index contributed by atoms with van der Waals surface area (Å²) in [6, 6.07) is 5.85. The van der Waals surface area contributed by atoms with E-state index in [9.17, 15) is 9.59 Å². The Morgan fingerprint density at radius 1 is 1.37 bits per heavy atom. The van der Waals surface area contributed by atoms with Crippen LogP contribution in [0, 0.1) is 5.41 Å². The molecule has 104 valence electrons. The molecule has 1 aromatic carbocycles. The van der Waals surface area contributed by atoms with Crippen molar-refractivity contribution < 1.29 is 14.7 Å². The van der Waals surface area contributed by atoms with E-state index in [0.29, 0.717) is 0 Å². The highest BCUT2D eigenvalue weighted by Crippen LogP contribution is 2.17. The number of carboxylic acids is 1. The second-order valence-corrected chi connectivity index (χ2v) is 5.57. The van der Waals surface area contributed by atoms with Crippen molar-refractivity contribution in [2.75, 3.05) is 0 Å². The van der Waals surface area contributed by atoms with Crippen molar-refractivity contribution in [1.29, 1.82) is 0 Å². The number of aromatic carboxylic acids is 1. The van der Waals surface area contributed by atoms with Gasteiger partial charge < -0.3 is 16.2 Å². The van der Waals surface area contributed by atoms with Crippen molar-refractivity contribution in [1.82, 2.24) is 5.32 Å². The van der Waals surface area contributed by atoms with Gasteiger partial charge in [-0.05, 0) is 23.1 Å². The number of carbonyl (C=O) groups excluding carboxylic acids is 1. The predicted molar refractivity (Wildman–Crippen MR) is 72.7 cm³/mol. The quantitative estimate of drug-likeness (QED) is 0.766. The molecule has 0 fully saturated rings. The van der Waals surface area contributed by atoms with Gasteiger partial charge in [0.2, 0.25) is 5.91 Å². The summed E-state index contributed by atoms with van der Waals surface area (Å²) in [5.41, 5.74) is 6.45. The average molecular weight is 264 g/mol. The van der Waals surface area contributed by atoms with E-state index in [1.807, 2.05) is 20.8 Å². The van der Waals surface area contributed by atoms with Crippen LogP contribution in [-0.4, -0.2) is 23.0 Å². The molecule has 0 unspecified atom stereocenters. The van der Waals surface area contributed by atoms with E-state index in [-0.39, 0.29) is 23.4 Å². The summed E-state index contributed by atoms with van der Waals surface area (Å²) in [5, 5.41) is 11.6. The van der Waals surface area contributed by atoms with Crippen molar-refractivity contribution in [2.45, 2.75) is 33.4 Å². The Bertz CT molecular complexity index is 478. The van der Waals surface area contributed by atoms with Crippen LogP contribution in [0.1, 0.15) is 36.7 Å². The number of carboxylic acid groups (broad SMARTS) is 1. The third-order valence-corrected chi connectivity index (χ3v) is 2.86. The minimum Gasteiger partial charge on any atom is -0.478 e. The minimum absolute atomic E-state index is 0.201. The van der Waals surface area contributed by atoms with Gasteiger partial charge in [-0.25, -0.2) is 4.79 Å². The van der Waals surface area contributed by atoms with E-state index < -0.39 is 12.0 Å². The molecule has 0 bridgehead atoms. The molecule has 1 rings (SSSR count). The Hall–Kier alpha value is -1.88. The molecule has 4 N–H and O–H groups in total. The Labute approximate surface area is 112 Å². The fourth-order valence-corrected chi connectivity index (χ4v) is 1.51. The highest BCUT2D eigenvalue weighted by molar-refractivity contribution is 5.87. The molecule has 0 aliphatic carbocycles. The van der Waals surface area contributed by atoms with E-state index in [2.05, 4.69) is 5.32 Å². The first kappa shape index (κ1) is 15.2. The van der Waals surface area contributed by atoms with Crippen LogP contribution in [0.3, 0.4) is 0 Å². The average Bonchev–Trinajstić information content (AvgIpc) is 2.34. The summed E-state index contributed by atoms with van der Waals surface area (Å²) in [5.74, 6) is -1.23. The number of carbonyl (C=O) groups is 2. The van der Waals surface area contributed by atoms with Gasteiger partial charge in [-0.1, -0.05) is 32.9 Å². The van der Waals surface area contributed by atoms with Gasteiger partial charge in [0, 0.05) is 6.54 Å². The van der Waals surface area contributed by atoms with Gasteiger partial charge in [-0.2, -0.15) is 0 Å². The number of nitrogens with one attached hydrogen (secondary N) is 1. The lowest BCUT2D eigenvalue weighted by Gasteiger charge is -2.25. The summed E-state index contributed by atoms with van der Waals surface area (Å²) >= 11 is 0. The maximum absolute atomic E-state index is 11.8. The zero-order valence-electron chi connectivity index (χ0n) is 11.4. The maximum atomic E-state index is 11.8. The van der Waals surface area contributed by atoms with Gasteiger partial charge in [0.05, 0.1) is 11.6 Å². The maximum Gasteiger partial charge on any atom is 0.335 e. The van der Waals surface area contributed by atoms with Gasteiger partial charge >= 0.3 is 5.97 Å². The van der Waals surface area contributed by atoms with Crippen LogP contribution < -0.4 is 11.1 Å². The molecular weight excluding hydrogens is 244 g/mol. The SMILES string of the molecule is CC(C)(C)[C@H](N)C(=O)NCc1cccc(C(=O)O)c1. The fraction of sp³-hybridized carbons (Fsp3) is 0.429. The van der Waals surface area contributed by atoms with Crippen molar-refractivity contribution in [3.05, 3.63) is 35.4 Å². The van der Waals surface area contributed by atoms with Crippen molar-refractivity contribution in [3.63, 3.8) is 0 Å². The third-order valence-electron chi connectivity index (χ3n) is 2.86. The van der Waals surface area contributed by atoms with Gasteiger partial charge in [-0.15, -0.1) is 0 Å². The number of benzene rings is 1. The topological polar surface area (TPSA) is 92.4 Å². The lowest BCUT2D eigenvalue weighted by Crippen LogP contribution is -2.48. The lowest BCUT2D eigenvalue weighted by molar-refractivity contribution is -0.124. The number of rotatable bonds is 4. The van der Waals surface area contributed by atoms with Gasteiger partial charge in [0.1, 0.15) is 0 Å². The van der Waals surface area contributed by atoms with Crippen LogP contribution in [0.2, 0.25) is 0 Å². The molecule has 0 saturated heterocycles. The summed E-state index contributed by atoms with van der Waals surface area (Å²) in [4.78, 5) is 22.7. The van der Waals surface area contributed by atoms with E-state index in [1.165, 1.54) is 12.1 Å². The zero-order valence-corrected chi connectivity index (χ0v) is 11.4. The molecule has 0 aromatic heterocycles. The van der Waals surface area contributed by atoms with Crippen LogP contribution in [0.5, 0.6) is 0 Å². The number of amides is 1. The largest absolute Gasteiger partial charge is 0.478 e. The van der Waals surface area contributed by atoms with Crippen LogP contribution in [0.4, 0.5) is 0 Å². The lowest BCUT2D eigenvalue weighted by atomic mass is 9.87. The van der Waals surface area contributed by atoms with Crippen molar-refractivity contribution >= 4 is 11.9 Å². The van der Waals surface area contributed by atoms with Crippen LogP contribution >= 0.6 is 0 Å². The number of nitrogens with two attached hydrogens (primary N) is 1. The first-order valence-electron chi connectivity index (χ1n) is 6.07. The standard InChI is InChI=1S/C14H20N2O3/c1-14(2,3)11(15)12(17)16-8-9-5-4-6-10(7-9)13(18)19/h4-7,11H,8,15H2,1-3H3,(H,16,17)(H,18,19)/t11-/m1/s1. The van der Waals surface area contributed by atoms with E-state index in [4.69, 9.17) is 10.8 Å². The Morgan fingerprint density at radius 3 is 2.53 bits per heavy atom. The highest BCUT2D eigenvalue weighted by atomic mass is 16.4. The Balaban J connectivity index is 2.65. The smallest absolute Gasteiger partial charge is 0.335 e. The monoisotopic (exact) mass is 264 g/mol. The summed E-state index contributed by atoms with van der Waals surface area (Å²) in [6.45, 7) is 5.94. The van der Waals surface area contributed by atoms with Crippen LogP contribution in [-0.2, 0) is 11.3 Å². The third kappa shape index (κ3) is 4.37.